The van der Waals surface area contributed by atoms with Gasteiger partial charge in [-0.05, 0) is 55.5 Å². The highest BCUT2D eigenvalue weighted by molar-refractivity contribution is 7.89. The summed E-state index contributed by atoms with van der Waals surface area (Å²) in [5.41, 5.74) is 1.95. The van der Waals surface area contributed by atoms with E-state index in [1.165, 1.54) is 0 Å². The molecule has 0 saturated carbocycles. The van der Waals surface area contributed by atoms with Crippen LogP contribution in [0, 0.1) is 0 Å². The Morgan fingerprint density at radius 2 is 1.76 bits per heavy atom. The summed E-state index contributed by atoms with van der Waals surface area (Å²) in [5, 5.41) is 2.85. The average molecular weight is 415 g/mol. The van der Waals surface area contributed by atoms with Gasteiger partial charge >= 0.3 is 0 Å². The van der Waals surface area contributed by atoms with Crippen LogP contribution in [-0.2, 0) is 16.6 Å². The standard InChI is InChI=1S/C21H26N4O3S/c26-21(23-16-17-6-5-9-22-15-17)18-7-8-19(24-10-1-2-11-24)20(14-18)29(27,28)25-12-3-4-13-25/h5-9,14-15H,1-4,10-13,16H2,(H,23,26). The number of nitrogens with one attached hydrogen (secondary N) is 1. The largest absolute Gasteiger partial charge is 0.370 e. The number of pyridine rings is 1. The normalized spacial score (nSPS) is 17.6. The van der Waals surface area contributed by atoms with Crippen LogP contribution in [-0.4, -0.2) is 49.8 Å². The van der Waals surface area contributed by atoms with Crippen LogP contribution in [0.5, 0.6) is 0 Å². The zero-order chi connectivity index (χ0) is 20.3. The molecule has 2 aliphatic rings. The molecule has 1 amide bonds. The van der Waals surface area contributed by atoms with Gasteiger partial charge in [0.1, 0.15) is 4.90 Å². The summed E-state index contributed by atoms with van der Waals surface area (Å²) < 4.78 is 28.2. The number of benzene rings is 1. The van der Waals surface area contributed by atoms with Gasteiger partial charge in [-0.2, -0.15) is 4.31 Å². The molecule has 1 aromatic heterocycles. The van der Waals surface area contributed by atoms with Crippen molar-refractivity contribution >= 4 is 21.6 Å². The first-order valence-corrected chi connectivity index (χ1v) is 11.6. The minimum absolute atomic E-state index is 0.246. The van der Waals surface area contributed by atoms with Crippen LogP contribution in [0.2, 0.25) is 0 Å². The van der Waals surface area contributed by atoms with Gasteiger partial charge in [0, 0.05) is 50.7 Å². The number of carbonyl (C=O) groups is 1. The summed E-state index contributed by atoms with van der Waals surface area (Å²) in [6, 6.07) is 8.74. The van der Waals surface area contributed by atoms with Crippen molar-refractivity contribution < 1.29 is 13.2 Å². The van der Waals surface area contributed by atoms with Crippen molar-refractivity contribution in [2.24, 2.45) is 0 Å². The van der Waals surface area contributed by atoms with Crippen LogP contribution >= 0.6 is 0 Å². The third-order valence-corrected chi connectivity index (χ3v) is 7.46. The Hall–Kier alpha value is -2.45. The van der Waals surface area contributed by atoms with Crippen molar-refractivity contribution in [2.75, 3.05) is 31.1 Å². The fourth-order valence-corrected chi connectivity index (χ4v) is 5.69. The Kier molecular flexibility index (Phi) is 5.82. The maximum atomic E-state index is 13.3. The van der Waals surface area contributed by atoms with Gasteiger partial charge in [-0.3, -0.25) is 9.78 Å². The lowest BCUT2D eigenvalue weighted by atomic mass is 10.1. The summed E-state index contributed by atoms with van der Waals surface area (Å²) in [6.07, 6.45) is 7.23. The molecule has 3 heterocycles. The number of aromatic nitrogens is 1. The van der Waals surface area contributed by atoms with Gasteiger partial charge in [0.25, 0.3) is 5.91 Å². The molecule has 2 aromatic rings. The molecule has 2 aliphatic heterocycles. The van der Waals surface area contributed by atoms with E-state index >= 15 is 0 Å². The predicted octanol–water partition coefficient (Wildman–Crippen LogP) is 2.40. The van der Waals surface area contributed by atoms with E-state index in [2.05, 4.69) is 15.2 Å². The molecule has 2 fully saturated rings. The number of sulfonamides is 1. The highest BCUT2D eigenvalue weighted by atomic mass is 32.2. The molecule has 4 rings (SSSR count). The van der Waals surface area contributed by atoms with Crippen molar-refractivity contribution in [2.45, 2.75) is 37.1 Å². The third kappa shape index (κ3) is 4.28. The first-order chi connectivity index (χ1) is 14.1. The van der Waals surface area contributed by atoms with Crippen molar-refractivity contribution in [3.8, 4) is 0 Å². The maximum absolute atomic E-state index is 13.3. The Morgan fingerprint density at radius 1 is 1.03 bits per heavy atom. The summed E-state index contributed by atoms with van der Waals surface area (Å²) in [5.74, 6) is -0.292. The maximum Gasteiger partial charge on any atom is 0.251 e. The van der Waals surface area contributed by atoms with E-state index in [0.717, 1.165) is 44.3 Å². The van der Waals surface area contributed by atoms with E-state index < -0.39 is 10.0 Å². The van der Waals surface area contributed by atoms with Crippen LogP contribution in [0.1, 0.15) is 41.6 Å². The molecule has 0 aliphatic carbocycles. The van der Waals surface area contributed by atoms with Gasteiger partial charge in [0.05, 0.1) is 5.69 Å². The molecule has 7 nitrogen and oxygen atoms in total. The van der Waals surface area contributed by atoms with E-state index in [9.17, 15) is 13.2 Å². The monoisotopic (exact) mass is 414 g/mol. The molecule has 0 bridgehead atoms. The first-order valence-electron chi connectivity index (χ1n) is 10.1. The van der Waals surface area contributed by atoms with Gasteiger partial charge < -0.3 is 10.2 Å². The second kappa shape index (κ2) is 8.51. The number of amides is 1. The molecule has 0 radical (unpaired) electrons. The quantitative estimate of drug-likeness (QED) is 0.785. The number of hydrogen-bond acceptors (Lipinski definition) is 5. The zero-order valence-electron chi connectivity index (χ0n) is 16.4. The fourth-order valence-electron chi connectivity index (χ4n) is 3.94. The van der Waals surface area contributed by atoms with Gasteiger partial charge in [0.2, 0.25) is 10.0 Å². The van der Waals surface area contributed by atoms with E-state index in [1.54, 1.807) is 34.9 Å². The fraction of sp³-hybridized carbons (Fsp3) is 0.429. The second-order valence-corrected chi connectivity index (χ2v) is 9.44. The number of carbonyl (C=O) groups excluding carboxylic acids is 1. The van der Waals surface area contributed by atoms with Gasteiger partial charge in [-0.15, -0.1) is 0 Å². The van der Waals surface area contributed by atoms with Gasteiger partial charge in [0.15, 0.2) is 0 Å². The Balaban J connectivity index is 1.63. The molecule has 8 heteroatoms. The van der Waals surface area contributed by atoms with E-state index in [1.807, 2.05) is 12.1 Å². The highest BCUT2D eigenvalue weighted by Crippen LogP contribution is 2.32. The zero-order valence-corrected chi connectivity index (χ0v) is 17.2. The lowest BCUT2D eigenvalue weighted by Crippen LogP contribution is -2.31. The predicted molar refractivity (Wildman–Crippen MR) is 111 cm³/mol. The molecule has 1 aromatic carbocycles. The SMILES string of the molecule is O=C(NCc1cccnc1)c1ccc(N2CCCC2)c(S(=O)(=O)N2CCCC2)c1. The van der Waals surface area contributed by atoms with Crippen LogP contribution in [0.4, 0.5) is 5.69 Å². The smallest absolute Gasteiger partial charge is 0.251 e. The van der Waals surface area contributed by atoms with E-state index in [-0.39, 0.29) is 10.8 Å². The van der Waals surface area contributed by atoms with Gasteiger partial charge in [-0.25, -0.2) is 8.42 Å². The highest BCUT2D eigenvalue weighted by Gasteiger charge is 2.32. The summed E-state index contributed by atoms with van der Waals surface area (Å²) in [7, 11) is -3.63. The lowest BCUT2D eigenvalue weighted by molar-refractivity contribution is 0.0950. The third-order valence-electron chi connectivity index (χ3n) is 5.53. The molecule has 0 unspecified atom stereocenters. The van der Waals surface area contributed by atoms with Gasteiger partial charge in [-0.1, -0.05) is 6.07 Å². The molecule has 29 heavy (non-hydrogen) atoms. The lowest BCUT2D eigenvalue weighted by Gasteiger charge is -2.24. The second-order valence-electron chi connectivity index (χ2n) is 7.53. The number of anilines is 1. The summed E-state index contributed by atoms with van der Waals surface area (Å²) >= 11 is 0. The van der Waals surface area contributed by atoms with E-state index in [0.29, 0.717) is 30.9 Å². The van der Waals surface area contributed by atoms with Crippen molar-refractivity contribution in [3.05, 3.63) is 53.9 Å². The Morgan fingerprint density at radius 3 is 2.45 bits per heavy atom. The van der Waals surface area contributed by atoms with Crippen molar-refractivity contribution in [1.29, 1.82) is 0 Å². The molecular formula is C21H26N4O3S. The molecule has 1 N–H and O–H groups in total. The number of hydrogen-bond donors (Lipinski definition) is 1. The van der Waals surface area contributed by atoms with Crippen LogP contribution in [0.3, 0.4) is 0 Å². The van der Waals surface area contributed by atoms with Crippen molar-refractivity contribution in [1.82, 2.24) is 14.6 Å². The van der Waals surface area contributed by atoms with Crippen molar-refractivity contribution in [3.63, 3.8) is 0 Å². The molecule has 0 spiro atoms. The van der Waals surface area contributed by atoms with Crippen LogP contribution in [0.15, 0.2) is 47.6 Å². The minimum Gasteiger partial charge on any atom is -0.370 e. The molecule has 0 atom stereocenters. The first kappa shape index (κ1) is 19.8. The molecule has 154 valence electrons. The minimum atomic E-state index is -3.63. The molecular weight excluding hydrogens is 388 g/mol. The van der Waals surface area contributed by atoms with Crippen LogP contribution < -0.4 is 10.2 Å². The summed E-state index contributed by atoms with van der Waals surface area (Å²) in [4.78, 5) is 19.1. The topological polar surface area (TPSA) is 82.6 Å². The van der Waals surface area contributed by atoms with Crippen LogP contribution in [0.25, 0.3) is 0 Å². The average Bonchev–Trinajstić information content (AvgIpc) is 3.47. The Labute approximate surface area is 171 Å². The summed E-state index contributed by atoms with van der Waals surface area (Å²) in [6.45, 7) is 3.11. The number of nitrogens with zero attached hydrogens (tertiary/aromatic N) is 3. The van der Waals surface area contributed by atoms with E-state index in [4.69, 9.17) is 0 Å². The number of rotatable bonds is 6. The molecule has 2 saturated heterocycles. The Bertz CT molecular complexity index is 967.